The van der Waals surface area contributed by atoms with Crippen LogP contribution in [0.15, 0.2) is 36.7 Å². The summed E-state index contributed by atoms with van der Waals surface area (Å²) in [5.74, 6) is 1.38. The van der Waals surface area contributed by atoms with Crippen molar-refractivity contribution in [3.63, 3.8) is 0 Å². The van der Waals surface area contributed by atoms with Crippen molar-refractivity contribution in [1.82, 2.24) is 0 Å². The van der Waals surface area contributed by atoms with E-state index in [9.17, 15) is 0 Å². The molecular formula is C13H12N2+2. The summed E-state index contributed by atoms with van der Waals surface area (Å²) in [6.07, 6.45) is 4.36. The lowest BCUT2D eigenvalue weighted by Gasteiger charge is -2.01. The standard InChI is InChI=1S/C13H12N2/c1-9-11-5-2-4-10-8-14-6-3-7-15(9)13(14)12(10)11/h2-7,9H,8H2,1H3/q+2. The van der Waals surface area contributed by atoms with E-state index in [1.54, 1.807) is 0 Å². The lowest BCUT2D eigenvalue weighted by molar-refractivity contribution is -0.802. The van der Waals surface area contributed by atoms with E-state index in [0.29, 0.717) is 6.04 Å². The summed E-state index contributed by atoms with van der Waals surface area (Å²) in [6, 6.07) is 9.30. The molecule has 15 heavy (non-hydrogen) atoms. The van der Waals surface area contributed by atoms with Gasteiger partial charge in [-0.1, -0.05) is 18.2 Å². The molecule has 0 N–H and O–H groups in total. The van der Waals surface area contributed by atoms with Crippen LogP contribution in [0.3, 0.4) is 0 Å². The minimum Gasteiger partial charge on any atom is -0.138 e. The zero-order chi connectivity index (χ0) is 9.99. The highest BCUT2D eigenvalue weighted by atomic mass is 15.2. The van der Waals surface area contributed by atoms with Gasteiger partial charge in [-0.2, -0.15) is 0 Å². The first-order chi connectivity index (χ1) is 7.36. The molecule has 0 aliphatic carbocycles. The van der Waals surface area contributed by atoms with Crippen molar-refractivity contribution >= 4 is 0 Å². The molecule has 0 fully saturated rings. The van der Waals surface area contributed by atoms with Crippen LogP contribution in [0, 0.1) is 0 Å². The second-order valence-corrected chi connectivity index (χ2v) is 4.41. The Morgan fingerprint density at radius 3 is 3.07 bits per heavy atom. The van der Waals surface area contributed by atoms with Crippen molar-refractivity contribution in [2.24, 2.45) is 0 Å². The van der Waals surface area contributed by atoms with Crippen LogP contribution in [-0.4, -0.2) is 0 Å². The molecule has 1 aromatic heterocycles. The van der Waals surface area contributed by atoms with Gasteiger partial charge in [0.05, 0.1) is 6.07 Å². The Kier molecular flexibility index (Phi) is 1.15. The Balaban J connectivity index is 2.23. The third-order valence-electron chi connectivity index (χ3n) is 3.64. The van der Waals surface area contributed by atoms with Crippen LogP contribution in [0.1, 0.15) is 24.1 Å². The molecule has 3 heterocycles. The van der Waals surface area contributed by atoms with Gasteiger partial charge in [-0.3, -0.25) is 0 Å². The molecule has 0 amide bonds. The van der Waals surface area contributed by atoms with Crippen molar-refractivity contribution in [3.8, 4) is 11.4 Å². The van der Waals surface area contributed by atoms with Crippen molar-refractivity contribution < 1.29 is 9.13 Å². The number of hydrogen-bond donors (Lipinski definition) is 0. The topological polar surface area (TPSA) is 7.76 Å². The molecule has 2 aromatic rings. The molecule has 0 spiro atoms. The van der Waals surface area contributed by atoms with Crippen molar-refractivity contribution in [2.75, 3.05) is 0 Å². The average molecular weight is 196 g/mol. The summed E-state index contributed by atoms with van der Waals surface area (Å²) in [5.41, 5.74) is 4.42. The highest BCUT2D eigenvalue weighted by molar-refractivity contribution is 5.65. The van der Waals surface area contributed by atoms with Gasteiger partial charge in [-0.05, 0) is 0 Å². The van der Waals surface area contributed by atoms with E-state index in [2.05, 4.69) is 52.7 Å². The Bertz CT molecular complexity index is 536. The molecule has 0 bridgehead atoms. The quantitative estimate of drug-likeness (QED) is 0.477. The Morgan fingerprint density at radius 1 is 1.20 bits per heavy atom. The molecule has 72 valence electrons. The summed E-state index contributed by atoms with van der Waals surface area (Å²) in [5, 5.41) is 0. The average Bonchev–Trinajstić information content (AvgIpc) is 2.77. The first-order valence-corrected chi connectivity index (χ1v) is 5.42. The number of aromatic nitrogens is 2. The van der Waals surface area contributed by atoms with Gasteiger partial charge in [-0.25, -0.2) is 0 Å². The largest absolute Gasteiger partial charge is 0.452 e. The maximum Gasteiger partial charge on any atom is 0.452 e. The molecule has 0 radical (unpaired) electrons. The van der Waals surface area contributed by atoms with Crippen molar-refractivity contribution in [3.05, 3.63) is 47.8 Å². The SMILES string of the molecule is CC1c2cccc3c2-c2[n+](ccc[n+]21)C3. The number of rotatable bonds is 0. The molecule has 1 atom stereocenters. The maximum atomic E-state index is 2.38. The summed E-state index contributed by atoms with van der Waals surface area (Å²) < 4.78 is 4.72. The van der Waals surface area contributed by atoms with Gasteiger partial charge in [-0.15, -0.1) is 9.13 Å². The van der Waals surface area contributed by atoms with E-state index in [1.807, 2.05) is 0 Å². The first-order valence-electron chi connectivity index (χ1n) is 5.42. The Hall–Kier alpha value is -1.70. The number of benzene rings is 1. The second kappa shape index (κ2) is 2.27. The Labute approximate surface area is 88.4 Å². The van der Waals surface area contributed by atoms with Gasteiger partial charge in [0.25, 0.3) is 0 Å². The minimum absolute atomic E-state index is 0.489. The predicted molar refractivity (Wildman–Crippen MR) is 55.2 cm³/mol. The highest BCUT2D eigenvalue weighted by Crippen LogP contribution is 2.36. The third-order valence-corrected chi connectivity index (χ3v) is 3.64. The van der Waals surface area contributed by atoms with E-state index in [0.717, 1.165) is 6.54 Å². The molecule has 0 saturated heterocycles. The fourth-order valence-electron chi connectivity index (χ4n) is 2.94. The van der Waals surface area contributed by atoms with E-state index in [-0.39, 0.29) is 0 Å². The monoisotopic (exact) mass is 196 g/mol. The van der Waals surface area contributed by atoms with Crippen LogP contribution in [0.2, 0.25) is 0 Å². The lowest BCUT2D eigenvalue weighted by atomic mass is 10.0. The second-order valence-electron chi connectivity index (χ2n) is 4.41. The predicted octanol–water partition coefficient (Wildman–Crippen LogP) is 1.21. The summed E-state index contributed by atoms with van der Waals surface area (Å²) >= 11 is 0. The fourth-order valence-corrected chi connectivity index (χ4v) is 2.94. The maximum absolute atomic E-state index is 2.38. The molecule has 4 rings (SSSR count). The minimum atomic E-state index is 0.489. The molecule has 2 heteroatoms. The molecule has 2 nitrogen and oxygen atoms in total. The smallest absolute Gasteiger partial charge is 0.138 e. The molecule has 1 unspecified atom stereocenters. The van der Waals surface area contributed by atoms with Crippen LogP contribution in [0.4, 0.5) is 0 Å². The van der Waals surface area contributed by atoms with Gasteiger partial charge in [0.1, 0.15) is 5.56 Å². The van der Waals surface area contributed by atoms with Crippen molar-refractivity contribution in [1.29, 1.82) is 0 Å². The van der Waals surface area contributed by atoms with Crippen molar-refractivity contribution in [2.45, 2.75) is 19.5 Å². The van der Waals surface area contributed by atoms with Gasteiger partial charge in [0, 0.05) is 18.1 Å². The summed E-state index contributed by atoms with van der Waals surface area (Å²) in [6.45, 7) is 3.31. The molecule has 1 aromatic carbocycles. The van der Waals surface area contributed by atoms with Crippen LogP contribution >= 0.6 is 0 Å². The zero-order valence-corrected chi connectivity index (χ0v) is 8.64. The van der Waals surface area contributed by atoms with E-state index < -0.39 is 0 Å². The Morgan fingerprint density at radius 2 is 2.13 bits per heavy atom. The summed E-state index contributed by atoms with van der Waals surface area (Å²) in [4.78, 5) is 0. The third kappa shape index (κ3) is 0.729. The molecule has 0 saturated carbocycles. The molecular weight excluding hydrogens is 184 g/mol. The van der Waals surface area contributed by atoms with Crippen LogP contribution in [0.25, 0.3) is 11.4 Å². The van der Waals surface area contributed by atoms with Gasteiger partial charge < -0.3 is 0 Å². The van der Waals surface area contributed by atoms with Gasteiger partial charge in [0.2, 0.25) is 0 Å². The molecule has 2 aliphatic rings. The molecule has 2 aliphatic heterocycles. The number of nitrogens with zero attached hydrogens (tertiary/aromatic N) is 2. The summed E-state index contributed by atoms with van der Waals surface area (Å²) in [7, 11) is 0. The van der Waals surface area contributed by atoms with E-state index in [1.165, 1.54) is 22.5 Å². The van der Waals surface area contributed by atoms with Crippen LogP contribution in [-0.2, 0) is 6.54 Å². The van der Waals surface area contributed by atoms with Gasteiger partial charge in [0.15, 0.2) is 25.0 Å². The number of hydrogen-bond acceptors (Lipinski definition) is 0. The van der Waals surface area contributed by atoms with Gasteiger partial charge >= 0.3 is 5.82 Å². The van der Waals surface area contributed by atoms with E-state index in [4.69, 9.17) is 0 Å². The highest BCUT2D eigenvalue weighted by Gasteiger charge is 2.46. The van der Waals surface area contributed by atoms with Crippen LogP contribution in [0.5, 0.6) is 0 Å². The first kappa shape index (κ1) is 7.57. The zero-order valence-electron chi connectivity index (χ0n) is 8.64. The normalized spacial score (nSPS) is 19.4. The van der Waals surface area contributed by atoms with E-state index >= 15 is 0 Å². The fraction of sp³-hybridized carbons (Fsp3) is 0.231. The van der Waals surface area contributed by atoms with Crippen LogP contribution < -0.4 is 9.13 Å². The lowest BCUT2D eigenvalue weighted by Crippen LogP contribution is -2.47.